The van der Waals surface area contributed by atoms with E-state index in [0.717, 1.165) is 4.90 Å². The Morgan fingerprint density at radius 2 is 1.95 bits per heavy atom. The first-order valence-corrected chi connectivity index (χ1v) is 13.2. The Bertz CT molecular complexity index is 1700. The first kappa shape index (κ1) is 25.1. The predicted molar refractivity (Wildman–Crippen MR) is 143 cm³/mol. The zero-order valence-electron chi connectivity index (χ0n) is 20.1. The van der Waals surface area contributed by atoms with Crippen LogP contribution in [0.5, 0.6) is 5.75 Å². The largest absolute Gasteiger partial charge is 0.496 e. The quantitative estimate of drug-likeness (QED) is 0.319. The summed E-state index contributed by atoms with van der Waals surface area (Å²) in [7, 11) is 2.81. The second kappa shape index (κ2) is 10.5. The standard InChI is InChI=1S/C27H21ClN2O5S2/c1-15-23(26(32)34-3)24(19-13-16(28)9-11-20(19)33-2)30-25(31)21(37-27(30)29-15)14-17-10-12-22(35-17)36-18-7-5-4-6-8-18/h4-14,24H,1-3H3/b21-14-/t24-/m0/s1. The third-order valence-corrected chi connectivity index (χ3v) is 7.90. The summed E-state index contributed by atoms with van der Waals surface area (Å²) in [4.78, 5) is 32.7. The van der Waals surface area contributed by atoms with Crippen LogP contribution in [0.1, 0.15) is 24.3 Å². The zero-order chi connectivity index (χ0) is 26.1. The van der Waals surface area contributed by atoms with Gasteiger partial charge in [0.1, 0.15) is 17.6 Å². The van der Waals surface area contributed by atoms with Crippen molar-refractivity contribution in [2.45, 2.75) is 23.0 Å². The van der Waals surface area contributed by atoms with Gasteiger partial charge in [0.2, 0.25) is 0 Å². The van der Waals surface area contributed by atoms with Gasteiger partial charge in [0, 0.05) is 21.6 Å². The Kier molecular flexibility index (Phi) is 7.10. The van der Waals surface area contributed by atoms with E-state index in [2.05, 4.69) is 4.99 Å². The molecule has 37 heavy (non-hydrogen) atoms. The SMILES string of the molecule is COC(=O)C1=C(C)N=c2s/c(=C\c3ccc(Sc4ccccc4)o3)c(=O)n2[C@H]1c1cc(Cl)ccc1OC. The zero-order valence-corrected chi connectivity index (χ0v) is 22.4. The molecule has 1 aliphatic heterocycles. The maximum absolute atomic E-state index is 13.7. The molecule has 0 fully saturated rings. The van der Waals surface area contributed by atoms with Crippen molar-refractivity contribution >= 4 is 46.7 Å². The van der Waals surface area contributed by atoms with Gasteiger partial charge >= 0.3 is 5.97 Å². The van der Waals surface area contributed by atoms with Gasteiger partial charge in [-0.15, -0.1) is 0 Å². The first-order chi connectivity index (χ1) is 17.9. The number of fused-ring (bicyclic) bond motifs is 1. The molecule has 0 radical (unpaired) electrons. The molecule has 0 amide bonds. The van der Waals surface area contributed by atoms with E-state index in [4.69, 9.17) is 25.5 Å². The molecule has 1 aliphatic rings. The number of furan rings is 1. The Morgan fingerprint density at radius 1 is 1.16 bits per heavy atom. The lowest BCUT2D eigenvalue weighted by Crippen LogP contribution is -2.40. The number of methoxy groups -OCH3 is 2. The molecule has 3 heterocycles. The lowest BCUT2D eigenvalue weighted by Gasteiger charge is -2.25. The van der Waals surface area contributed by atoms with Gasteiger partial charge in [0.15, 0.2) is 9.89 Å². The molecule has 2 aromatic heterocycles. The number of carbonyl (C=O) groups is 1. The molecule has 0 aliphatic carbocycles. The number of aromatic nitrogens is 1. The highest BCUT2D eigenvalue weighted by Gasteiger charge is 2.35. The number of thiazole rings is 1. The number of rotatable bonds is 6. The third-order valence-electron chi connectivity index (χ3n) is 5.75. The van der Waals surface area contributed by atoms with Crippen molar-refractivity contribution in [2.75, 3.05) is 14.2 Å². The van der Waals surface area contributed by atoms with E-state index >= 15 is 0 Å². The molecule has 0 bridgehead atoms. The second-order valence-corrected chi connectivity index (χ2v) is 10.6. The van der Waals surface area contributed by atoms with Gasteiger partial charge < -0.3 is 13.9 Å². The number of halogens is 1. The summed E-state index contributed by atoms with van der Waals surface area (Å²) in [6.07, 6.45) is 1.68. The average molecular weight is 553 g/mol. The highest BCUT2D eigenvalue weighted by atomic mass is 35.5. The minimum absolute atomic E-state index is 0.238. The summed E-state index contributed by atoms with van der Waals surface area (Å²) in [5.74, 6) is 0.425. The molecule has 4 aromatic rings. The van der Waals surface area contributed by atoms with Crippen LogP contribution in [0.25, 0.3) is 6.08 Å². The normalized spacial score (nSPS) is 15.4. The number of esters is 1. The van der Waals surface area contributed by atoms with Gasteiger partial charge in [-0.1, -0.05) is 52.9 Å². The summed E-state index contributed by atoms with van der Waals surface area (Å²) >= 11 is 9.02. The van der Waals surface area contributed by atoms with Crippen molar-refractivity contribution in [3.8, 4) is 5.75 Å². The summed E-state index contributed by atoms with van der Waals surface area (Å²) < 4.78 is 18.5. The van der Waals surface area contributed by atoms with E-state index < -0.39 is 12.0 Å². The highest BCUT2D eigenvalue weighted by molar-refractivity contribution is 7.99. The lowest BCUT2D eigenvalue weighted by atomic mass is 9.95. The molecule has 7 nitrogen and oxygen atoms in total. The van der Waals surface area contributed by atoms with E-state index in [0.29, 0.717) is 42.2 Å². The summed E-state index contributed by atoms with van der Waals surface area (Å²) in [5.41, 5.74) is 0.919. The maximum atomic E-state index is 13.7. The molecule has 2 aromatic carbocycles. The van der Waals surface area contributed by atoms with Crippen LogP contribution >= 0.6 is 34.7 Å². The Balaban J connectivity index is 1.64. The number of hydrogen-bond acceptors (Lipinski definition) is 8. The maximum Gasteiger partial charge on any atom is 0.338 e. The van der Waals surface area contributed by atoms with Gasteiger partial charge in [0.25, 0.3) is 5.56 Å². The molecule has 0 N–H and O–H groups in total. The summed E-state index contributed by atoms with van der Waals surface area (Å²) in [6.45, 7) is 1.72. The van der Waals surface area contributed by atoms with E-state index in [1.54, 1.807) is 31.2 Å². The number of nitrogens with zero attached hydrogens (tertiary/aromatic N) is 2. The molecule has 0 unspecified atom stereocenters. The monoisotopic (exact) mass is 552 g/mol. The summed E-state index contributed by atoms with van der Waals surface area (Å²) in [5, 5.41) is 1.14. The van der Waals surface area contributed by atoms with Gasteiger partial charge in [-0.2, -0.15) is 0 Å². The molecule has 0 saturated carbocycles. The second-order valence-electron chi connectivity index (χ2n) is 8.03. The fourth-order valence-corrected chi connectivity index (χ4v) is 6.11. The van der Waals surface area contributed by atoms with Crippen LogP contribution in [0.4, 0.5) is 0 Å². The van der Waals surface area contributed by atoms with Gasteiger partial charge in [-0.3, -0.25) is 9.36 Å². The minimum atomic E-state index is -0.833. The lowest BCUT2D eigenvalue weighted by molar-refractivity contribution is -0.136. The Hall–Kier alpha value is -3.53. The third kappa shape index (κ3) is 4.90. The fraction of sp³-hybridized carbons (Fsp3) is 0.148. The van der Waals surface area contributed by atoms with Gasteiger partial charge in [0.05, 0.1) is 30.0 Å². The fourth-order valence-electron chi connectivity index (χ4n) is 4.11. The van der Waals surface area contributed by atoms with Crippen LogP contribution in [-0.4, -0.2) is 24.8 Å². The van der Waals surface area contributed by atoms with Crippen LogP contribution in [0.15, 0.2) is 96.1 Å². The summed E-state index contributed by atoms with van der Waals surface area (Å²) in [6, 6.07) is 17.8. The number of ether oxygens (including phenoxy) is 2. The Labute approximate surface area is 225 Å². The molecule has 0 saturated heterocycles. The van der Waals surface area contributed by atoms with E-state index in [9.17, 15) is 9.59 Å². The van der Waals surface area contributed by atoms with Crippen LogP contribution in [0.3, 0.4) is 0 Å². The minimum Gasteiger partial charge on any atom is -0.496 e. The van der Waals surface area contributed by atoms with Crippen molar-refractivity contribution in [3.63, 3.8) is 0 Å². The van der Waals surface area contributed by atoms with Gasteiger partial charge in [-0.05, 0) is 49.4 Å². The van der Waals surface area contributed by atoms with Crippen molar-refractivity contribution < 1.29 is 18.7 Å². The van der Waals surface area contributed by atoms with Gasteiger partial charge in [-0.25, -0.2) is 9.79 Å². The van der Waals surface area contributed by atoms with Crippen molar-refractivity contribution in [1.82, 2.24) is 4.57 Å². The predicted octanol–water partition coefficient (Wildman–Crippen LogP) is 4.81. The van der Waals surface area contributed by atoms with Crippen molar-refractivity contribution in [2.24, 2.45) is 4.99 Å². The van der Waals surface area contributed by atoms with E-state index in [1.165, 1.54) is 41.9 Å². The molecule has 10 heteroatoms. The van der Waals surface area contributed by atoms with E-state index in [1.807, 2.05) is 42.5 Å². The molecular formula is C27H21ClN2O5S2. The van der Waals surface area contributed by atoms with Crippen LogP contribution in [-0.2, 0) is 9.53 Å². The Morgan fingerprint density at radius 3 is 2.68 bits per heavy atom. The van der Waals surface area contributed by atoms with Crippen LogP contribution in [0.2, 0.25) is 5.02 Å². The van der Waals surface area contributed by atoms with Crippen LogP contribution in [0, 0.1) is 0 Å². The first-order valence-electron chi connectivity index (χ1n) is 11.2. The molecular weight excluding hydrogens is 532 g/mol. The molecule has 5 rings (SSSR count). The van der Waals surface area contributed by atoms with Crippen molar-refractivity contribution in [1.29, 1.82) is 0 Å². The highest BCUT2D eigenvalue weighted by Crippen LogP contribution is 2.37. The topological polar surface area (TPSA) is 83.0 Å². The number of carbonyl (C=O) groups excluding carboxylic acids is 1. The van der Waals surface area contributed by atoms with Crippen molar-refractivity contribution in [3.05, 3.63) is 108 Å². The van der Waals surface area contributed by atoms with Crippen LogP contribution < -0.4 is 19.6 Å². The molecule has 1 atom stereocenters. The average Bonchev–Trinajstić information content (AvgIpc) is 3.46. The number of hydrogen-bond donors (Lipinski definition) is 0. The molecule has 0 spiro atoms. The number of allylic oxidation sites excluding steroid dienone is 1. The van der Waals surface area contributed by atoms with E-state index in [-0.39, 0.29) is 11.1 Å². The molecule has 188 valence electrons. The number of benzene rings is 2. The smallest absolute Gasteiger partial charge is 0.338 e.